The van der Waals surface area contributed by atoms with Gasteiger partial charge in [-0.15, -0.1) is 0 Å². The van der Waals surface area contributed by atoms with Crippen molar-refractivity contribution >= 4 is 11.7 Å². The summed E-state index contributed by atoms with van der Waals surface area (Å²) >= 11 is 0. The van der Waals surface area contributed by atoms with E-state index < -0.39 is 11.8 Å². The number of anilines is 1. The smallest absolute Gasteiger partial charge is 0.308 e. The standard InChI is InChI=1S/C8H8FNO2/c1-5(11)12-8-3-2-6(10)4-7(8)9/h2-4H,10H2,1H3. The summed E-state index contributed by atoms with van der Waals surface area (Å²) in [5.41, 5.74) is 5.57. The molecule has 0 atom stereocenters. The molecular weight excluding hydrogens is 161 g/mol. The topological polar surface area (TPSA) is 52.3 Å². The molecule has 0 aliphatic carbocycles. The number of carbonyl (C=O) groups is 1. The lowest BCUT2D eigenvalue weighted by Crippen LogP contribution is -2.03. The summed E-state index contributed by atoms with van der Waals surface area (Å²) in [7, 11) is 0. The second-order valence-corrected chi connectivity index (χ2v) is 2.28. The summed E-state index contributed by atoms with van der Waals surface area (Å²) in [5, 5.41) is 0. The van der Waals surface area contributed by atoms with Gasteiger partial charge in [-0.25, -0.2) is 4.39 Å². The zero-order chi connectivity index (χ0) is 9.14. The number of nitrogen functional groups attached to an aromatic ring is 1. The molecule has 0 heterocycles. The first-order valence-electron chi connectivity index (χ1n) is 3.33. The number of esters is 1. The molecule has 0 amide bonds. The molecule has 2 N–H and O–H groups in total. The lowest BCUT2D eigenvalue weighted by molar-refractivity contribution is -0.132. The fourth-order valence-electron chi connectivity index (χ4n) is 0.755. The fourth-order valence-corrected chi connectivity index (χ4v) is 0.755. The Morgan fingerprint density at radius 1 is 1.58 bits per heavy atom. The van der Waals surface area contributed by atoms with Gasteiger partial charge in [0.05, 0.1) is 0 Å². The second kappa shape index (κ2) is 3.21. The van der Waals surface area contributed by atoms with Gasteiger partial charge in [0, 0.05) is 18.7 Å². The van der Waals surface area contributed by atoms with Gasteiger partial charge >= 0.3 is 5.97 Å². The van der Waals surface area contributed by atoms with Crippen LogP contribution in [0.15, 0.2) is 18.2 Å². The minimum atomic E-state index is -0.634. The molecule has 0 bridgehead atoms. The lowest BCUT2D eigenvalue weighted by atomic mass is 10.3. The maximum absolute atomic E-state index is 12.9. The molecule has 12 heavy (non-hydrogen) atoms. The zero-order valence-electron chi connectivity index (χ0n) is 6.50. The molecule has 1 aromatic carbocycles. The molecule has 1 aromatic rings. The van der Waals surface area contributed by atoms with Gasteiger partial charge in [-0.1, -0.05) is 0 Å². The first-order valence-corrected chi connectivity index (χ1v) is 3.33. The highest BCUT2D eigenvalue weighted by atomic mass is 19.1. The molecule has 4 heteroatoms. The van der Waals surface area contributed by atoms with E-state index >= 15 is 0 Å². The molecule has 0 spiro atoms. The highest BCUT2D eigenvalue weighted by molar-refractivity contribution is 5.69. The number of benzene rings is 1. The molecule has 0 fully saturated rings. The first-order chi connectivity index (χ1) is 5.59. The summed E-state index contributed by atoms with van der Waals surface area (Å²) in [5.74, 6) is -1.29. The van der Waals surface area contributed by atoms with Gasteiger partial charge in [-0.3, -0.25) is 4.79 Å². The van der Waals surface area contributed by atoms with Gasteiger partial charge < -0.3 is 10.5 Å². The van der Waals surface area contributed by atoms with Gasteiger partial charge in [0.2, 0.25) is 0 Å². The maximum Gasteiger partial charge on any atom is 0.308 e. The van der Waals surface area contributed by atoms with Crippen molar-refractivity contribution in [3.05, 3.63) is 24.0 Å². The molecule has 0 aromatic heterocycles. The monoisotopic (exact) mass is 169 g/mol. The second-order valence-electron chi connectivity index (χ2n) is 2.28. The Labute approximate surface area is 68.9 Å². The molecule has 0 saturated heterocycles. The van der Waals surface area contributed by atoms with Crippen molar-refractivity contribution in [1.82, 2.24) is 0 Å². The van der Waals surface area contributed by atoms with Crippen molar-refractivity contribution in [3.8, 4) is 5.75 Å². The Hall–Kier alpha value is -1.58. The number of nitrogens with two attached hydrogens (primary N) is 1. The van der Waals surface area contributed by atoms with Crippen LogP contribution in [0.3, 0.4) is 0 Å². The van der Waals surface area contributed by atoms with Crippen LogP contribution in [-0.2, 0) is 4.79 Å². The van der Waals surface area contributed by atoms with E-state index in [-0.39, 0.29) is 5.75 Å². The Bertz CT molecular complexity index is 312. The maximum atomic E-state index is 12.9. The van der Waals surface area contributed by atoms with Gasteiger partial charge in [0.25, 0.3) is 0 Å². The summed E-state index contributed by atoms with van der Waals surface area (Å²) in [6.07, 6.45) is 0. The Balaban J connectivity index is 2.93. The fraction of sp³-hybridized carbons (Fsp3) is 0.125. The average molecular weight is 169 g/mol. The van der Waals surface area contributed by atoms with Gasteiger partial charge in [0.1, 0.15) is 0 Å². The molecule has 0 unspecified atom stereocenters. The van der Waals surface area contributed by atoms with E-state index in [1.54, 1.807) is 0 Å². The van der Waals surface area contributed by atoms with Crippen molar-refractivity contribution in [2.24, 2.45) is 0 Å². The van der Waals surface area contributed by atoms with E-state index in [0.717, 1.165) is 6.07 Å². The van der Waals surface area contributed by atoms with E-state index in [0.29, 0.717) is 5.69 Å². The number of rotatable bonds is 1. The van der Waals surface area contributed by atoms with Gasteiger partial charge in [0.15, 0.2) is 11.6 Å². The van der Waals surface area contributed by atoms with Crippen LogP contribution < -0.4 is 10.5 Å². The van der Waals surface area contributed by atoms with Crippen molar-refractivity contribution in [3.63, 3.8) is 0 Å². The van der Waals surface area contributed by atoms with Crippen LogP contribution in [0, 0.1) is 5.82 Å². The number of carbonyl (C=O) groups excluding carboxylic acids is 1. The summed E-state index contributed by atoms with van der Waals surface area (Å²) in [6.45, 7) is 1.20. The average Bonchev–Trinajstić information content (AvgIpc) is 1.94. The van der Waals surface area contributed by atoms with E-state index in [9.17, 15) is 9.18 Å². The summed E-state index contributed by atoms with van der Waals surface area (Å²) < 4.78 is 17.4. The van der Waals surface area contributed by atoms with Crippen molar-refractivity contribution in [1.29, 1.82) is 0 Å². The van der Waals surface area contributed by atoms with E-state index in [4.69, 9.17) is 5.73 Å². The van der Waals surface area contributed by atoms with Crippen molar-refractivity contribution < 1.29 is 13.9 Å². The highest BCUT2D eigenvalue weighted by Gasteiger charge is 2.04. The molecule has 1 rings (SSSR count). The highest BCUT2D eigenvalue weighted by Crippen LogP contribution is 2.19. The predicted octanol–water partition coefficient (Wildman–Crippen LogP) is 1.33. The predicted molar refractivity (Wildman–Crippen MR) is 42.1 cm³/mol. The Morgan fingerprint density at radius 2 is 2.25 bits per heavy atom. The van der Waals surface area contributed by atoms with Crippen LogP contribution in [-0.4, -0.2) is 5.97 Å². The third-order valence-electron chi connectivity index (χ3n) is 1.21. The van der Waals surface area contributed by atoms with Crippen molar-refractivity contribution in [2.75, 3.05) is 5.73 Å². The zero-order valence-corrected chi connectivity index (χ0v) is 6.50. The largest absolute Gasteiger partial charge is 0.424 e. The van der Waals surface area contributed by atoms with Crippen LogP contribution in [0.25, 0.3) is 0 Å². The van der Waals surface area contributed by atoms with E-state index in [1.165, 1.54) is 19.1 Å². The third-order valence-corrected chi connectivity index (χ3v) is 1.21. The van der Waals surface area contributed by atoms with E-state index in [2.05, 4.69) is 4.74 Å². The lowest BCUT2D eigenvalue weighted by Gasteiger charge is -2.02. The number of halogens is 1. The number of hydrogen-bond donors (Lipinski definition) is 1. The minimum absolute atomic E-state index is 0.100. The summed E-state index contributed by atoms with van der Waals surface area (Å²) in [6, 6.07) is 3.87. The van der Waals surface area contributed by atoms with Gasteiger partial charge in [-0.2, -0.15) is 0 Å². The SMILES string of the molecule is CC(=O)Oc1ccc(N)cc1F. The molecular formula is C8H8FNO2. The molecule has 0 aliphatic rings. The van der Waals surface area contributed by atoms with Crippen LogP contribution >= 0.6 is 0 Å². The van der Waals surface area contributed by atoms with Crippen LogP contribution in [0.2, 0.25) is 0 Å². The van der Waals surface area contributed by atoms with Crippen LogP contribution in [0.4, 0.5) is 10.1 Å². The molecule has 0 saturated carbocycles. The Morgan fingerprint density at radius 3 is 2.75 bits per heavy atom. The minimum Gasteiger partial charge on any atom is -0.424 e. The first kappa shape index (κ1) is 8.52. The molecule has 64 valence electrons. The quantitative estimate of drug-likeness (QED) is 0.392. The van der Waals surface area contributed by atoms with Crippen LogP contribution in [0.5, 0.6) is 5.75 Å². The molecule has 0 aliphatic heterocycles. The third kappa shape index (κ3) is 1.95. The normalized spacial score (nSPS) is 9.50. The molecule has 0 radical (unpaired) electrons. The molecule has 3 nitrogen and oxygen atoms in total. The number of ether oxygens (including phenoxy) is 1. The summed E-state index contributed by atoms with van der Waals surface area (Å²) in [4.78, 5) is 10.4. The Kier molecular flexibility index (Phi) is 2.28. The number of hydrogen-bond acceptors (Lipinski definition) is 3. The van der Waals surface area contributed by atoms with Crippen LogP contribution in [0.1, 0.15) is 6.92 Å². The van der Waals surface area contributed by atoms with E-state index in [1.807, 2.05) is 0 Å². The van der Waals surface area contributed by atoms with Crippen molar-refractivity contribution in [2.45, 2.75) is 6.92 Å². The van der Waals surface area contributed by atoms with Gasteiger partial charge in [-0.05, 0) is 12.1 Å².